The van der Waals surface area contributed by atoms with E-state index in [0.717, 1.165) is 31.8 Å². The Labute approximate surface area is 175 Å². The van der Waals surface area contributed by atoms with Crippen LogP contribution >= 0.6 is 0 Å². The predicted octanol–water partition coefficient (Wildman–Crippen LogP) is 5.03. The van der Waals surface area contributed by atoms with E-state index in [2.05, 4.69) is 59.6 Å². The third-order valence-electron chi connectivity index (χ3n) is 5.68. The smallest absolute Gasteiger partial charge is 0.119 e. The van der Waals surface area contributed by atoms with Crippen molar-refractivity contribution in [2.45, 2.75) is 64.7 Å². The van der Waals surface area contributed by atoms with Gasteiger partial charge in [0.25, 0.3) is 0 Å². The maximum Gasteiger partial charge on any atom is 0.119 e. The molecule has 2 aromatic rings. The first-order valence-corrected chi connectivity index (χ1v) is 10.9. The first kappa shape index (κ1) is 21.4. The fraction of sp³-hybridized carbons (Fsp3) is 0.480. The zero-order valence-electron chi connectivity index (χ0n) is 17.6. The lowest BCUT2D eigenvalue weighted by Crippen LogP contribution is -2.37. The van der Waals surface area contributed by atoms with Gasteiger partial charge in [0.1, 0.15) is 5.75 Å². The maximum atomic E-state index is 8.61. The third kappa shape index (κ3) is 6.88. The quantitative estimate of drug-likeness (QED) is 0.577. The SMILES string of the molecule is CC1CCCCN1Cc1ccccc1CNCc1cccc(OCCCC#N)c1. The van der Waals surface area contributed by atoms with Gasteiger partial charge in [-0.3, -0.25) is 4.90 Å². The van der Waals surface area contributed by atoms with Crippen LogP contribution in [0.3, 0.4) is 0 Å². The number of piperidine rings is 1. The fourth-order valence-corrected chi connectivity index (χ4v) is 3.92. The average molecular weight is 392 g/mol. The van der Waals surface area contributed by atoms with Gasteiger partial charge in [-0.15, -0.1) is 0 Å². The van der Waals surface area contributed by atoms with Gasteiger partial charge in [0, 0.05) is 32.1 Å². The summed E-state index contributed by atoms with van der Waals surface area (Å²) < 4.78 is 5.74. The Bertz CT molecular complexity index is 799. The number of ether oxygens (including phenoxy) is 1. The van der Waals surface area contributed by atoms with Gasteiger partial charge in [0.2, 0.25) is 0 Å². The molecule has 1 aliphatic rings. The summed E-state index contributed by atoms with van der Waals surface area (Å²) in [6, 6.07) is 19.8. The lowest BCUT2D eigenvalue weighted by molar-refractivity contribution is 0.152. The molecule has 4 nitrogen and oxygen atoms in total. The van der Waals surface area contributed by atoms with E-state index < -0.39 is 0 Å². The van der Waals surface area contributed by atoms with Crippen LogP contribution in [0.25, 0.3) is 0 Å². The predicted molar refractivity (Wildman–Crippen MR) is 117 cm³/mol. The molecule has 0 aromatic heterocycles. The largest absolute Gasteiger partial charge is 0.494 e. The monoisotopic (exact) mass is 391 g/mol. The highest BCUT2D eigenvalue weighted by atomic mass is 16.5. The molecule has 1 atom stereocenters. The van der Waals surface area contributed by atoms with Crippen LogP contribution in [0.2, 0.25) is 0 Å². The molecule has 0 amide bonds. The minimum absolute atomic E-state index is 0.539. The van der Waals surface area contributed by atoms with Gasteiger partial charge in [-0.1, -0.05) is 42.8 Å². The average Bonchev–Trinajstić information content (AvgIpc) is 2.74. The Balaban J connectivity index is 1.51. The van der Waals surface area contributed by atoms with Crippen LogP contribution < -0.4 is 10.1 Å². The summed E-state index contributed by atoms with van der Waals surface area (Å²) in [4.78, 5) is 2.62. The molecule has 1 fully saturated rings. The van der Waals surface area contributed by atoms with Gasteiger partial charge in [-0.25, -0.2) is 0 Å². The molecule has 29 heavy (non-hydrogen) atoms. The molecule has 1 aliphatic heterocycles. The van der Waals surface area contributed by atoms with Crippen LogP contribution in [0.5, 0.6) is 5.75 Å². The van der Waals surface area contributed by atoms with Crippen molar-refractivity contribution in [3.05, 3.63) is 65.2 Å². The molecule has 1 saturated heterocycles. The van der Waals surface area contributed by atoms with Gasteiger partial charge < -0.3 is 10.1 Å². The van der Waals surface area contributed by atoms with Crippen LogP contribution in [0, 0.1) is 11.3 Å². The van der Waals surface area contributed by atoms with Gasteiger partial charge >= 0.3 is 0 Å². The molecule has 4 heteroatoms. The minimum Gasteiger partial charge on any atom is -0.494 e. The molecule has 0 radical (unpaired) electrons. The summed E-state index contributed by atoms with van der Waals surface area (Å²) in [5.74, 6) is 0.877. The van der Waals surface area contributed by atoms with E-state index >= 15 is 0 Å². The molecule has 1 N–H and O–H groups in total. The van der Waals surface area contributed by atoms with E-state index in [1.54, 1.807) is 0 Å². The number of unbranched alkanes of at least 4 members (excludes halogenated alkanes) is 1. The van der Waals surface area contributed by atoms with Crippen molar-refractivity contribution >= 4 is 0 Å². The summed E-state index contributed by atoms with van der Waals surface area (Å²) >= 11 is 0. The molecule has 2 aromatic carbocycles. The van der Waals surface area contributed by atoms with Crippen molar-refractivity contribution in [3.63, 3.8) is 0 Å². The molecular weight excluding hydrogens is 358 g/mol. The second-order valence-electron chi connectivity index (χ2n) is 7.95. The molecule has 0 aliphatic carbocycles. The maximum absolute atomic E-state index is 8.61. The van der Waals surface area contributed by atoms with Crippen LogP contribution in [0.4, 0.5) is 0 Å². The standard InChI is InChI=1S/C25H33N3O/c1-21-9-4-6-15-28(21)20-24-12-3-2-11-23(24)19-27-18-22-10-8-13-25(17-22)29-16-7-5-14-26/h2-3,8,10-13,17,21,27H,4-7,9,15-16,18-20H2,1H3. The molecular formula is C25H33N3O. The van der Waals surface area contributed by atoms with Crippen LogP contribution in [-0.4, -0.2) is 24.1 Å². The van der Waals surface area contributed by atoms with E-state index in [1.165, 1.54) is 42.5 Å². The molecule has 154 valence electrons. The Hall–Kier alpha value is -2.35. The van der Waals surface area contributed by atoms with Crippen molar-refractivity contribution in [1.82, 2.24) is 10.2 Å². The highest BCUT2D eigenvalue weighted by Crippen LogP contribution is 2.21. The number of likely N-dealkylation sites (tertiary alicyclic amines) is 1. The summed E-state index contributed by atoms with van der Waals surface area (Å²) in [5, 5.41) is 12.2. The second kappa shape index (κ2) is 11.6. The van der Waals surface area contributed by atoms with Crippen molar-refractivity contribution in [3.8, 4) is 11.8 Å². The Kier molecular flexibility index (Phi) is 8.55. The Morgan fingerprint density at radius 3 is 2.79 bits per heavy atom. The van der Waals surface area contributed by atoms with Gasteiger partial charge in [-0.05, 0) is 61.6 Å². The first-order valence-electron chi connectivity index (χ1n) is 10.9. The Morgan fingerprint density at radius 2 is 1.97 bits per heavy atom. The summed E-state index contributed by atoms with van der Waals surface area (Å²) in [5.41, 5.74) is 4.03. The van der Waals surface area contributed by atoms with Crippen molar-refractivity contribution in [1.29, 1.82) is 5.26 Å². The number of nitrogens with one attached hydrogen (secondary N) is 1. The number of hydrogen-bond donors (Lipinski definition) is 1. The zero-order valence-corrected chi connectivity index (χ0v) is 17.6. The van der Waals surface area contributed by atoms with E-state index in [9.17, 15) is 0 Å². The van der Waals surface area contributed by atoms with E-state index in [4.69, 9.17) is 10.00 Å². The number of hydrogen-bond acceptors (Lipinski definition) is 4. The fourth-order valence-electron chi connectivity index (χ4n) is 3.92. The normalized spacial score (nSPS) is 17.0. The lowest BCUT2D eigenvalue weighted by atomic mass is 10.0. The third-order valence-corrected chi connectivity index (χ3v) is 5.68. The Morgan fingerprint density at radius 1 is 1.10 bits per heavy atom. The van der Waals surface area contributed by atoms with Crippen LogP contribution in [0.1, 0.15) is 55.7 Å². The van der Waals surface area contributed by atoms with Crippen molar-refractivity contribution < 1.29 is 4.74 Å². The van der Waals surface area contributed by atoms with Gasteiger partial charge in [0.05, 0.1) is 12.7 Å². The summed E-state index contributed by atoms with van der Waals surface area (Å²) in [6.45, 7) is 6.88. The zero-order chi connectivity index (χ0) is 20.3. The molecule has 1 unspecified atom stereocenters. The first-order chi connectivity index (χ1) is 14.3. The molecule has 0 saturated carbocycles. The van der Waals surface area contributed by atoms with E-state index in [1.807, 2.05) is 12.1 Å². The van der Waals surface area contributed by atoms with Crippen LogP contribution in [0.15, 0.2) is 48.5 Å². The summed E-state index contributed by atoms with van der Waals surface area (Å²) in [6.07, 6.45) is 5.30. The number of nitriles is 1. The summed E-state index contributed by atoms with van der Waals surface area (Å²) in [7, 11) is 0. The number of rotatable bonds is 10. The molecule has 1 heterocycles. The number of benzene rings is 2. The second-order valence-corrected chi connectivity index (χ2v) is 7.95. The van der Waals surface area contributed by atoms with Crippen molar-refractivity contribution in [2.75, 3.05) is 13.2 Å². The number of nitrogens with zero attached hydrogens (tertiary/aromatic N) is 2. The highest BCUT2D eigenvalue weighted by molar-refractivity contribution is 5.29. The van der Waals surface area contributed by atoms with Crippen LogP contribution in [-0.2, 0) is 19.6 Å². The topological polar surface area (TPSA) is 48.3 Å². The minimum atomic E-state index is 0.539. The van der Waals surface area contributed by atoms with E-state index in [0.29, 0.717) is 19.1 Å². The molecule has 0 spiro atoms. The van der Waals surface area contributed by atoms with Gasteiger partial charge in [0.15, 0.2) is 0 Å². The van der Waals surface area contributed by atoms with E-state index in [-0.39, 0.29) is 0 Å². The lowest BCUT2D eigenvalue weighted by Gasteiger charge is -2.33. The van der Waals surface area contributed by atoms with Gasteiger partial charge in [-0.2, -0.15) is 5.26 Å². The van der Waals surface area contributed by atoms with Crippen molar-refractivity contribution in [2.24, 2.45) is 0 Å². The molecule has 3 rings (SSSR count). The molecule has 0 bridgehead atoms. The highest BCUT2D eigenvalue weighted by Gasteiger charge is 2.18.